The Morgan fingerprint density at radius 3 is 2.90 bits per heavy atom. The first kappa shape index (κ1) is 14.5. The number of aromatic nitrogens is 2. The second kappa shape index (κ2) is 5.40. The summed E-state index contributed by atoms with van der Waals surface area (Å²) in [6.45, 7) is 6.56. The molecule has 0 aliphatic carbocycles. The molecule has 2 aromatic rings. The van der Waals surface area contributed by atoms with E-state index in [1.165, 1.54) is 5.39 Å². The van der Waals surface area contributed by atoms with Crippen LogP contribution >= 0.6 is 0 Å². The van der Waals surface area contributed by atoms with Crippen LogP contribution in [0.5, 0.6) is 0 Å². The largest absolute Gasteiger partial charge is 0.394 e. The highest BCUT2D eigenvalue weighted by Crippen LogP contribution is 2.24. The van der Waals surface area contributed by atoms with Crippen LogP contribution in [0.15, 0.2) is 24.3 Å². The fourth-order valence-electron chi connectivity index (χ4n) is 3.25. The SMILES string of the molecule is Cn1nc(CN2CC(CO)OC(C)(C)C2)c2ccccc21. The van der Waals surface area contributed by atoms with Crippen molar-refractivity contribution < 1.29 is 9.84 Å². The van der Waals surface area contributed by atoms with E-state index in [4.69, 9.17) is 4.74 Å². The number of fused-ring (bicyclic) bond motifs is 1. The average Bonchev–Trinajstić information content (AvgIpc) is 2.74. The van der Waals surface area contributed by atoms with Crippen molar-refractivity contribution in [3.8, 4) is 0 Å². The van der Waals surface area contributed by atoms with Crippen molar-refractivity contribution in [3.05, 3.63) is 30.0 Å². The standard InChI is InChI=1S/C16H23N3O2/c1-16(2)11-19(8-12(10-20)21-16)9-14-13-6-4-5-7-15(13)18(3)17-14/h4-7,12,20H,8-11H2,1-3H3. The van der Waals surface area contributed by atoms with E-state index in [1.807, 2.05) is 23.9 Å². The van der Waals surface area contributed by atoms with Crippen molar-refractivity contribution in [2.24, 2.45) is 7.05 Å². The summed E-state index contributed by atoms with van der Waals surface area (Å²) in [5, 5.41) is 15.3. The fraction of sp³-hybridized carbons (Fsp3) is 0.562. The van der Waals surface area contributed by atoms with E-state index in [2.05, 4.69) is 36.0 Å². The van der Waals surface area contributed by atoms with Gasteiger partial charge in [-0.15, -0.1) is 0 Å². The third-order valence-electron chi connectivity index (χ3n) is 3.96. The second-order valence-electron chi connectivity index (χ2n) is 6.44. The lowest BCUT2D eigenvalue weighted by Crippen LogP contribution is -2.53. The molecule has 0 saturated carbocycles. The molecular weight excluding hydrogens is 266 g/mol. The van der Waals surface area contributed by atoms with Gasteiger partial charge >= 0.3 is 0 Å². The highest BCUT2D eigenvalue weighted by molar-refractivity contribution is 5.81. The zero-order chi connectivity index (χ0) is 15.0. The van der Waals surface area contributed by atoms with Gasteiger partial charge in [0.2, 0.25) is 0 Å². The second-order valence-corrected chi connectivity index (χ2v) is 6.44. The lowest BCUT2D eigenvalue weighted by molar-refractivity contribution is -0.150. The monoisotopic (exact) mass is 289 g/mol. The molecule has 0 spiro atoms. The van der Waals surface area contributed by atoms with Crippen LogP contribution in [-0.2, 0) is 18.3 Å². The number of aliphatic hydroxyl groups is 1. The van der Waals surface area contributed by atoms with Crippen LogP contribution in [0, 0.1) is 0 Å². The van der Waals surface area contributed by atoms with E-state index in [9.17, 15) is 5.11 Å². The summed E-state index contributed by atoms with van der Waals surface area (Å²) in [7, 11) is 1.98. The first-order chi connectivity index (χ1) is 9.98. The van der Waals surface area contributed by atoms with E-state index in [0.29, 0.717) is 0 Å². The molecule has 0 bridgehead atoms. The van der Waals surface area contributed by atoms with Crippen molar-refractivity contribution in [2.75, 3.05) is 19.7 Å². The third-order valence-corrected chi connectivity index (χ3v) is 3.96. The highest BCUT2D eigenvalue weighted by Gasteiger charge is 2.33. The highest BCUT2D eigenvalue weighted by atomic mass is 16.5. The number of benzene rings is 1. The summed E-state index contributed by atoms with van der Waals surface area (Å²) in [5.41, 5.74) is 2.00. The van der Waals surface area contributed by atoms with Crippen LogP contribution in [0.3, 0.4) is 0 Å². The fourth-order valence-corrected chi connectivity index (χ4v) is 3.25. The normalized spacial score (nSPS) is 22.8. The Labute approximate surface area is 125 Å². The van der Waals surface area contributed by atoms with Crippen molar-refractivity contribution in [3.63, 3.8) is 0 Å². The number of morpholine rings is 1. The van der Waals surface area contributed by atoms with Gasteiger partial charge in [0.1, 0.15) is 0 Å². The number of para-hydroxylation sites is 1. The molecule has 1 unspecified atom stereocenters. The Morgan fingerprint density at radius 2 is 2.14 bits per heavy atom. The molecular formula is C16H23N3O2. The number of nitrogens with zero attached hydrogens (tertiary/aromatic N) is 3. The van der Waals surface area contributed by atoms with Gasteiger partial charge in [-0.05, 0) is 19.9 Å². The van der Waals surface area contributed by atoms with Crippen LogP contribution in [0.4, 0.5) is 0 Å². The van der Waals surface area contributed by atoms with Gasteiger partial charge in [-0.1, -0.05) is 18.2 Å². The third kappa shape index (κ3) is 2.95. The molecule has 1 aliphatic rings. The maximum Gasteiger partial charge on any atom is 0.0940 e. The van der Waals surface area contributed by atoms with Crippen molar-refractivity contribution in [2.45, 2.75) is 32.1 Å². The molecule has 5 nitrogen and oxygen atoms in total. The quantitative estimate of drug-likeness (QED) is 0.931. The Bertz CT molecular complexity index is 635. The Hall–Kier alpha value is -1.43. The van der Waals surface area contributed by atoms with Crippen molar-refractivity contribution in [1.29, 1.82) is 0 Å². The van der Waals surface area contributed by atoms with Gasteiger partial charge in [-0.3, -0.25) is 9.58 Å². The molecule has 21 heavy (non-hydrogen) atoms. The maximum absolute atomic E-state index is 9.41. The smallest absolute Gasteiger partial charge is 0.0940 e. The number of aryl methyl sites for hydroxylation is 1. The molecule has 1 aromatic heterocycles. The van der Waals surface area contributed by atoms with Gasteiger partial charge in [-0.2, -0.15) is 5.10 Å². The minimum Gasteiger partial charge on any atom is -0.394 e. The van der Waals surface area contributed by atoms with Crippen molar-refractivity contribution >= 4 is 10.9 Å². The van der Waals surface area contributed by atoms with E-state index < -0.39 is 0 Å². The molecule has 2 heterocycles. The van der Waals surface area contributed by atoms with Crippen LogP contribution in [0.25, 0.3) is 10.9 Å². The number of aliphatic hydroxyl groups excluding tert-OH is 1. The molecule has 1 aromatic carbocycles. The van der Waals surface area contributed by atoms with Crippen LogP contribution in [0.2, 0.25) is 0 Å². The van der Waals surface area contributed by atoms with Gasteiger partial charge in [0.15, 0.2) is 0 Å². The topological polar surface area (TPSA) is 50.5 Å². The van der Waals surface area contributed by atoms with E-state index in [0.717, 1.165) is 30.8 Å². The van der Waals surface area contributed by atoms with Crippen LogP contribution < -0.4 is 0 Å². The minimum atomic E-state index is -0.240. The van der Waals surface area contributed by atoms with Gasteiger partial charge < -0.3 is 9.84 Å². The Morgan fingerprint density at radius 1 is 1.38 bits per heavy atom. The molecule has 5 heteroatoms. The number of ether oxygens (including phenoxy) is 1. The molecule has 1 fully saturated rings. The maximum atomic E-state index is 9.41. The summed E-state index contributed by atoms with van der Waals surface area (Å²) in [6, 6.07) is 8.29. The first-order valence-corrected chi connectivity index (χ1v) is 7.40. The van der Waals surface area contributed by atoms with Crippen molar-refractivity contribution in [1.82, 2.24) is 14.7 Å². The predicted molar refractivity (Wildman–Crippen MR) is 82.0 cm³/mol. The van der Waals surface area contributed by atoms with Gasteiger partial charge in [-0.25, -0.2) is 0 Å². The van der Waals surface area contributed by atoms with Crippen LogP contribution in [0.1, 0.15) is 19.5 Å². The number of hydrogen-bond donors (Lipinski definition) is 1. The minimum absolute atomic E-state index is 0.0584. The molecule has 1 saturated heterocycles. The summed E-state index contributed by atoms with van der Waals surface area (Å²) in [5.74, 6) is 0. The molecule has 3 rings (SSSR count). The average molecular weight is 289 g/mol. The van der Waals surface area contributed by atoms with E-state index in [1.54, 1.807) is 0 Å². The van der Waals surface area contributed by atoms with E-state index in [-0.39, 0.29) is 18.3 Å². The Balaban J connectivity index is 1.84. The van der Waals surface area contributed by atoms with Gasteiger partial charge in [0.25, 0.3) is 0 Å². The first-order valence-electron chi connectivity index (χ1n) is 7.40. The van der Waals surface area contributed by atoms with Gasteiger partial charge in [0.05, 0.1) is 29.5 Å². The number of hydrogen-bond acceptors (Lipinski definition) is 4. The molecule has 1 N–H and O–H groups in total. The molecule has 0 amide bonds. The zero-order valence-corrected chi connectivity index (χ0v) is 12.9. The summed E-state index contributed by atoms with van der Waals surface area (Å²) >= 11 is 0. The van der Waals surface area contributed by atoms with Gasteiger partial charge in [0, 0.05) is 32.1 Å². The molecule has 1 atom stereocenters. The zero-order valence-electron chi connectivity index (χ0n) is 12.9. The number of rotatable bonds is 3. The van der Waals surface area contributed by atoms with E-state index >= 15 is 0 Å². The molecule has 114 valence electrons. The summed E-state index contributed by atoms with van der Waals surface area (Å²) in [6.07, 6.45) is -0.122. The summed E-state index contributed by atoms with van der Waals surface area (Å²) in [4.78, 5) is 2.32. The molecule has 0 radical (unpaired) electrons. The summed E-state index contributed by atoms with van der Waals surface area (Å²) < 4.78 is 7.80. The molecule has 1 aliphatic heterocycles. The predicted octanol–water partition coefficient (Wildman–Crippen LogP) is 1.54. The lowest BCUT2D eigenvalue weighted by atomic mass is 10.0. The lowest BCUT2D eigenvalue weighted by Gasteiger charge is -2.42. The van der Waals surface area contributed by atoms with Crippen LogP contribution in [-0.4, -0.2) is 51.2 Å². The Kier molecular flexibility index (Phi) is 3.73.